The molecule has 29 heavy (non-hydrogen) atoms. The van der Waals surface area contributed by atoms with Crippen molar-refractivity contribution in [1.29, 1.82) is 0 Å². The minimum atomic E-state index is -0.281. The third-order valence-corrected chi connectivity index (χ3v) is 5.21. The van der Waals surface area contributed by atoms with E-state index in [1.165, 1.54) is 17.7 Å². The fourth-order valence-electron chi connectivity index (χ4n) is 3.24. The van der Waals surface area contributed by atoms with Gasteiger partial charge in [-0.3, -0.25) is 9.59 Å². The van der Waals surface area contributed by atoms with Crippen molar-refractivity contribution < 1.29 is 14.0 Å². The fraction of sp³-hybridized carbons (Fsp3) is 0.417. The van der Waals surface area contributed by atoms with E-state index in [0.29, 0.717) is 18.7 Å². The van der Waals surface area contributed by atoms with Gasteiger partial charge >= 0.3 is 0 Å². The Balaban J connectivity index is 1.51. The Hall–Kier alpha value is -2.69. The average Bonchev–Trinajstić information content (AvgIpc) is 3.52. The van der Waals surface area contributed by atoms with Gasteiger partial charge in [0.15, 0.2) is 0 Å². The van der Waals surface area contributed by atoms with E-state index in [1.54, 1.807) is 12.1 Å². The lowest BCUT2D eigenvalue weighted by molar-refractivity contribution is -0.132. The number of carbonyl (C=O) groups is 2. The first-order valence-electron chi connectivity index (χ1n) is 10.2. The highest BCUT2D eigenvalue weighted by Gasteiger charge is 2.32. The maximum Gasteiger partial charge on any atom is 0.251 e. The molecule has 0 bridgehead atoms. The molecule has 2 amide bonds. The molecule has 2 aromatic carbocycles. The smallest absolute Gasteiger partial charge is 0.251 e. The van der Waals surface area contributed by atoms with Gasteiger partial charge in [-0.25, -0.2) is 4.39 Å². The summed E-state index contributed by atoms with van der Waals surface area (Å²) in [5.41, 5.74) is 2.72. The molecule has 0 spiro atoms. The molecule has 0 atom stereocenters. The molecule has 0 aliphatic heterocycles. The van der Waals surface area contributed by atoms with E-state index in [2.05, 4.69) is 26.1 Å². The Morgan fingerprint density at radius 2 is 1.66 bits per heavy atom. The van der Waals surface area contributed by atoms with Crippen LogP contribution in [0.5, 0.6) is 0 Å². The van der Waals surface area contributed by atoms with E-state index in [1.807, 2.05) is 29.2 Å². The van der Waals surface area contributed by atoms with Gasteiger partial charge in [0.05, 0.1) is 0 Å². The Morgan fingerprint density at radius 1 is 1.03 bits per heavy atom. The molecule has 154 valence electrons. The van der Waals surface area contributed by atoms with Crippen LogP contribution in [-0.4, -0.2) is 29.3 Å². The number of nitrogens with one attached hydrogen (secondary N) is 1. The standard InChI is InChI=1S/C24H29FN2O2/c1-24(2,3)19-8-6-18(7-9-19)23(29)26-15-14-22(28)27(21-12-13-21)16-17-4-10-20(25)11-5-17/h4-11,21H,12-16H2,1-3H3,(H,26,29). The molecule has 0 heterocycles. The highest BCUT2D eigenvalue weighted by atomic mass is 19.1. The zero-order valence-corrected chi connectivity index (χ0v) is 17.4. The minimum Gasteiger partial charge on any atom is -0.352 e. The van der Waals surface area contributed by atoms with Crippen LogP contribution in [0.1, 0.15) is 61.5 Å². The number of amides is 2. The van der Waals surface area contributed by atoms with E-state index in [9.17, 15) is 14.0 Å². The number of nitrogens with zero attached hydrogens (tertiary/aromatic N) is 1. The molecule has 1 N–H and O–H groups in total. The minimum absolute atomic E-state index is 0.0141. The van der Waals surface area contributed by atoms with Gasteiger partial charge in [0.2, 0.25) is 5.91 Å². The Morgan fingerprint density at radius 3 is 2.21 bits per heavy atom. The van der Waals surface area contributed by atoms with Gasteiger partial charge in [-0.15, -0.1) is 0 Å². The summed E-state index contributed by atoms with van der Waals surface area (Å²) in [5, 5.41) is 2.84. The molecule has 2 aromatic rings. The van der Waals surface area contributed by atoms with Gasteiger partial charge < -0.3 is 10.2 Å². The highest BCUT2D eigenvalue weighted by molar-refractivity contribution is 5.94. The lowest BCUT2D eigenvalue weighted by atomic mass is 9.87. The summed E-state index contributed by atoms with van der Waals surface area (Å²) in [6.07, 6.45) is 2.25. The number of carbonyl (C=O) groups excluding carboxylic acids is 2. The zero-order valence-electron chi connectivity index (χ0n) is 17.4. The monoisotopic (exact) mass is 396 g/mol. The van der Waals surface area contributed by atoms with E-state index in [4.69, 9.17) is 0 Å². The molecule has 1 fully saturated rings. The van der Waals surface area contributed by atoms with Crippen LogP contribution in [0.15, 0.2) is 48.5 Å². The van der Waals surface area contributed by atoms with Gasteiger partial charge in [-0.2, -0.15) is 0 Å². The first-order valence-corrected chi connectivity index (χ1v) is 10.2. The summed E-state index contributed by atoms with van der Waals surface area (Å²) in [6.45, 7) is 7.17. The third kappa shape index (κ3) is 5.89. The van der Waals surface area contributed by atoms with Crippen LogP contribution in [0.3, 0.4) is 0 Å². The predicted octanol–water partition coefficient (Wildman–Crippen LogP) is 4.43. The summed E-state index contributed by atoms with van der Waals surface area (Å²) in [5.74, 6) is -0.439. The Labute approximate surface area is 172 Å². The molecule has 0 aromatic heterocycles. The average molecular weight is 397 g/mol. The second-order valence-electron chi connectivity index (χ2n) is 8.71. The Kier molecular flexibility index (Phi) is 6.36. The topological polar surface area (TPSA) is 49.4 Å². The molecule has 0 radical (unpaired) electrons. The molecule has 4 nitrogen and oxygen atoms in total. The van der Waals surface area contributed by atoms with Crippen LogP contribution in [0.4, 0.5) is 4.39 Å². The number of hydrogen-bond donors (Lipinski definition) is 1. The maximum atomic E-state index is 13.1. The second kappa shape index (κ2) is 8.76. The molecule has 3 rings (SSSR count). The van der Waals surface area contributed by atoms with Crippen molar-refractivity contribution in [2.75, 3.05) is 6.54 Å². The van der Waals surface area contributed by atoms with Crippen LogP contribution in [0, 0.1) is 5.82 Å². The number of benzene rings is 2. The van der Waals surface area contributed by atoms with Crippen molar-refractivity contribution in [3.8, 4) is 0 Å². The van der Waals surface area contributed by atoms with Crippen molar-refractivity contribution in [1.82, 2.24) is 10.2 Å². The van der Waals surface area contributed by atoms with Crippen LogP contribution in [0.2, 0.25) is 0 Å². The van der Waals surface area contributed by atoms with Crippen molar-refractivity contribution in [2.45, 2.75) is 58.0 Å². The van der Waals surface area contributed by atoms with Crippen LogP contribution in [-0.2, 0) is 16.8 Å². The molecule has 0 unspecified atom stereocenters. The van der Waals surface area contributed by atoms with Gasteiger partial charge in [0.1, 0.15) is 5.82 Å². The SMILES string of the molecule is CC(C)(C)c1ccc(C(=O)NCCC(=O)N(Cc2ccc(F)cc2)C2CC2)cc1. The van der Waals surface area contributed by atoms with E-state index in [0.717, 1.165) is 18.4 Å². The molecule has 1 aliphatic carbocycles. The fourth-order valence-corrected chi connectivity index (χ4v) is 3.24. The van der Waals surface area contributed by atoms with Crippen LogP contribution < -0.4 is 5.32 Å². The molecular weight excluding hydrogens is 367 g/mol. The third-order valence-electron chi connectivity index (χ3n) is 5.21. The first kappa shape index (κ1) is 21.0. The quantitative estimate of drug-likeness (QED) is 0.752. The van der Waals surface area contributed by atoms with Crippen molar-refractivity contribution >= 4 is 11.8 Å². The van der Waals surface area contributed by atoms with Crippen molar-refractivity contribution in [3.05, 3.63) is 71.0 Å². The maximum absolute atomic E-state index is 13.1. The number of rotatable bonds is 7. The summed E-state index contributed by atoms with van der Waals surface area (Å²) in [6, 6.07) is 14.1. The van der Waals surface area contributed by atoms with Crippen molar-refractivity contribution in [3.63, 3.8) is 0 Å². The molecule has 1 aliphatic rings. The largest absolute Gasteiger partial charge is 0.352 e. The molecular formula is C24H29FN2O2. The van der Waals surface area contributed by atoms with Gasteiger partial charge in [-0.1, -0.05) is 45.0 Å². The van der Waals surface area contributed by atoms with E-state index >= 15 is 0 Å². The zero-order chi connectivity index (χ0) is 21.0. The normalized spacial score (nSPS) is 13.8. The molecule has 5 heteroatoms. The van der Waals surface area contributed by atoms with E-state index in [-0.39, 0.29) is 35.5 Å². The van der Waals surface area contributed by atoms with Gasteiger partial charge in [-0.05, 0) is 53.6 Å². The summed E-state index contributed by atoms with van der Waals surface area (Å²) >= 11 is 0. The first-order chi connectivity index (χ1) is 13.7. The van der Waals surface area contributed by atoms with Crippen LogP contribution in [0.25, 0.3) is 0 Å². The van der Waals surface area contributed by atoms with Crippen LogP contribution >= 0.6 is 0 Å². The molecule has 1 saturated carbocycles. The van der Waals surface area contributed by atoms with Gasteiger partial charge in [0, 0.05) is 31.1 Å². The number of hydrogen-bond acceptors (Lipinski definition) is 2. The molecule has 0 saturated heterocycles. The Bertz CT molecular complexity index is 850. The predicted molar refractivity (Wildman–Crippen MR) is 112 cm³/mol. The van der Waals surface area contributed by atoms with E-state index < -0.39 is 0 Å². The summed E-state index contributed by atoms with van der Waals surface area (Å²) in [7, 11) is 0. The number of halogens is 1. The van der Waals surface area contributed by atoms with Gasteiger partial charge in [0.25, 0.3) is 5.91 Å². The summed E-state index contributed by atoms with van der Waals surface area (Å²) in [4.78, 5) is 26.9. The highest BCUT2D eigenvalue weighted by Crippen LogP contribution is 2.29. The van der Waals surface area contributed by atoms with Crippen molar-refractivity contribution in [2.24, 2.45) is 0 Å². The summed E-state index contributed by atoms with van der Waals surface area (Å²) < 4.78 is 13.1. The lowest BCUT2D eigenvalue weighted by Gasteiger charge is -2.23. The lowest BCUT2D eigenvalue weighted by Crippen LogP contribution is -2.35. The second-order valence-corrected chi connectivity index (χ2v) is 8.71.